The number of azide groups is 1. The van der Waals surface area contributed by atoms with Gasteiger partial charge in [0.2, 0.25) is 0 Å². The number of benzene rings is 2. The number of amides is 1. The lowest BCUT2D eigenvalue weighted by molar-refractivity contribution is -0.0250. The molecule has 2 rings (SSSR count). The zero-order valence-electron chi connectivity index (χ0n) is 25.8. The number of rotatable bonds is 14. The second kappa shape index (κ2) is 15.1. The molecule has 0 saturated carbocycles. The lowest BCUT2D eigenvalue weighted by atomic mass is 10.0. The van der Waals surface area contributed by atoms with Gasteiger partial charge in [-0.25, -0.2) is 4.79 Å². The van der Waals surface area contributed by atoms with Gasteiger partial charge >= 0.3 is 6.09 Å². The molecule has 0 heterocycles. The average Bonchev–Trinajstić information content (AvgIpc) is 2.89. The molecule has 1 amide bonds. The van der Waals surface area contributed by atoms with Gasteiger partial charge in [0.1, 0.15) is 23.7 Å². The van der Waals surface area contributed by atoms with Crippen molar-refractivity contribution in [2.75, 3.05) is 20.3 Å². The molecule has 0 aromatic heterocycles. The summed E-state index contributed by atoms with van der Waals surface area (Å²) in [5.41, 5.74) is 9.74. The van der Waals surface area contributed by atoms with Crippen LogP contribution in [-0.2, 0) is 20.5 Å². The van der Waals surface area contributed by atoms with Crippen LogP contribution >= 0.6 is 0 Å². The van der Waals surface area contributed by atoms with Crippen LogP contribution in [0, 0.1) is 0 Å². The van der Waals surface area contributed by atoms with Gasteiger partial charge in [-0.05, 0) is 74.3 Å². The van der Waals surface area contributed by atoms with E-state index in [2.05, 4.69) is 49.2 Å². The number of methoxy groups -OCH3 is 1. The predicted molar refractivity (Wildman–Crippen MR) is 163 cm³/mol. The third kappa shape index (κ3) is 11.6. The Labute approximate surface area is 245 Å². The zero-order valence-corrected chi connectivity index (χ0v) is 26.8. The monoisotopic (exact) mass is 586 g/mol. The van der Waals surface area contributed by atoms with Gasteiger partial charge in [0.15, 0.2) is 8.32 Å². The fourth-order valence-corrected chi connectivity index (χ4v) is 4.59. The first kappa shape index (κ1) is 34.0. The smallest absolute Gasteiger partial charge is 0.408 e. The van der Waals surface area contributed by atoms with Crippen molar-refractivity contribution < 1.29 is 28.2 Å². The summed E-state index contributed by atoms with van der Waals surface area (Å²) >= 11 is 0. The number of hydrogen-bond donors (Lipinski definition) is 1. The minimum atomic E-state index is -2.20. The number of ether oxygens (including phenoxy) is 4. The van der Waals surface area contributed by atoms with Crippen molar-refractivity contribution in [3.63, 3.8) is 0 Å². The number of hydrogen-bond acceptors (Lipinski definition) is 7. The highest BCUT2D eigenvalue weighted by molar-refractivity contribution is 6.74. The fraction of sp³-hybridized carbons (Fsp3) is 0.567. The van der Waals surface area contributed by atoms with Crippen molar-refractivity contribution in [1.29, 1.82) is 0 Å². The van der Waals surface area contributed by atoms with E-state index in [4.69, 9.17) is 23.4 Å². The van der Waals surface area contributed by atoms with Crippen LogP contribution in [-0.4, -0.2) is 58.5 Å². The Hall–Kier alpha value is -3.24. The second-order valence-electron chi connectivity index (χ2n) is 12.3. The van der Waals surface area contributed by atoms with Crippen LogP contribution in [0.1, 0.15) is 47.1 Å². The molecule has 3 atom stereocenters. The van der Waals surface area contributed by atoms with Crippen LogP contribution in [0.2, 0.25) is 18.1 Å². The summed E-state index contributed by atoms with van der Waals surface area (Å²) in [6.45, 7) is 16.4. The third-order valence-corrected chi connectivity index (χ3v) is 11.4. The molecule has 1 N–H and O–H groups in total. The predicted octanol–water partition coefficient (Wildman–Crippen LogP) is 7.25. The third-order valence-electron chi connectivity index (χ3n) is 6.87. The van der Waals surface area contributed by atoms with E-state index in [-0.39, 0.29) is 24.9 Å². The molecule has 0 aliphatic carbocycles. The molecule has 41 heavy (non-hydrogen) atoms. The molecule has 226 valence electrons. The Kier molecular flexibility index (Phi) is 12.5. The number of nitrogens with zero attached hydrogens (tertiary/aromatic N) is 3. The Morgan fingerprint density at radius 2 is 1.59 bits per heavy atom. The van der Waals surface area contributed by atoms with Crippen LogP contribution in [0.15, 0.2) is 59.7 Å². The molecule has 0 unspecified atom stereocenters. The van der Waals surface area contributed by atoms with E-state index in [0.717, 1.165) is 5.56 Å². The maximum absolute atomic E-state index is 13.0. The quantitative estimate of drug-likeness (QED) is 0.108. The highest BCUT2D eigenvalue weighted by Crippen LogP contribution is 2.37. The Morgan fingerprint density at radius 3 is 2.12 bits per heavy atom. The molecule has 0 aliphatic heterocycles. The molecule has 0 fully saturated rings. The van der Waals surface area contributed by atoms with Gasteiger partial charge in [0, 0.05) is 11.5 Å². The van der Waals surface area contributed by atoms with Crippen LogP contribution in [0.3, 0.4) is 0 Å². The summed E-state index contributed by atoms with van der Waals surface area (Å²) in [7, 11) is -0.612. The van der Waals surface area contributed by atoms with Crippen LogP contribution < -0.4 is 14.8 Å². The van der Waals surface area contributed by atoms with Crippen LogP contribution in [0.4, 0.5) is 4.79 Å². The second-order valence-corrected chi connectivity index (χ2v) is 17.2. The lowest BCUT2D eigenvalue weighted by Gasteiger charge is -2.38. The fourth-order valence-electron chi connectivity index (χ4n) is 3.57. The molecular formula is C30H46N4O6Si. The molecule has 0 bridgehead atoms. The molecule has 0 saturated heterocycles. The van der Waals surface area contributed by atoms with E-state index in [1.165, 1.54) is 0 Å². The van der Waals surface area contributed by atoms with Crippen molar-refractivity contribution in [2.24, 2.45) is 5.11 Å². The van der Waals surface area contributed by atoms with E-state index >= 15 is 0 Å². The molecular weight excluding hydrogens is 540 g/mol. The zero-order chi connectivity index (χ0) is 30.7. The lowest BCUT2D eigenvalue weighted by Crippen LogP contribution is -2.55. The first-order valence-corrected chi connectivity index (χ1v) is 16.7. The summed E-state index contributed by atoms with van der Waals surface area (Å²) in [6.07, 6.45) is -1.44. The highest BCUT2D eigenvalue weighted by Gasteiger charge is 2.40. The van der Waals surface area contributed by atoms with Crippen molar-refractivity contribution in [3.8, 4) is 11.5 Å². The average molecular weight is 587 g/mol. The molecule has 2 aromatic carbocycles. The van der Waals surface area contributed by atoms with Gasteiger partial charge in [0.25, 0.3) is 0 Å². The van der Waals surface area contributed by atoms with Gasteiger partial charge in [-0.3, -0.25) is 0 Å². The Balaban J connectivity index is 2.43. The van der Waals surface area contributed by atoms with Gasteiger partial charge in [-0.15, -0.1) is 0 Å². The topological polar surface area (TPSA) is 124 Å². The van der Waals surface area contributed by atoms with Crippen LogP contribution in [0.5, 0.6) is 11.5 Å². The standard InChI is InChI=1S/C30H46N4O6Si/c1-29(2,3)40-28(35)32-25(20-37-24-17-15-23(36-7)16-18-24)27(38-19-22-13-11-10-12-14-22)26(33-34-31)21-39-41(8,9)30(4,5)6/h10-18,25-27H,19-21H2,1-9H3,(H,32,35)/t25-,26-,27-/m0/s1. The maximum Gasteiger partial charge on any atom is 0.408 e. The van der Waals surface area contributed by atoms with E-state index in [9.17, 15) is 10.3 Å². The summed E-state index contributed by atoms with van der Waals surface area (Å²) in [6, 6.07) is 15.2. The summed E-state index contributed by atoms with van der Waals surface area (Å²) in [4.78, 5) is 16.1. The number of carbonyl (C=O) groups excluding carboxylic acids is 1. The van der Waals surface area contributed by atoms with E-state index in [0.29, 0.717) is 11.5 Å². The highest BCUT2D eigenvalue weighted by atomic mass is 28.4. The first-order chi connectivity index (χ1) is 19.1. The van der Waals surface area contributed by atoms with Crippen molar-refractivity contribution in [1.82, 2.24) is 5.32 Å². The Bertz CT molecular complexity index is 1130. The van der Waals surface area contributed by atoms with Gasteiger partial charge in [0.05, 0.1) is 31.9 Å². The molecule has 0 aliphatic rings. The van der Waals surface area contributed by atoms with Crippen molar-refractivity contribution in [3.05, 3.63) is 70.6 Å². The summed E-state index contributed by atoms with van der Waals surface area (Å²) < 4.78 is 29.8. The number of carbonyl (C=O) groups is 1. The largest absolute Gasteiger partial charge is 0.497 e. The minimum Gasteiger partial charge on any atom is -0.497 e. The van der Waals surface area contributed by atoms with E-state index < -0.39 is 38.2 Å². The van der Waals surface area contributed by atoms with Crippen LogP contribution in [0.25, 0.3) is 10.4 Å². The van der Waals surface area contributed by atoms with Gasteiger partial charge < -0.3 is 28.7 Å². The van der Waals surface area contributed by atoms with Gasteiger partial charge in [-0.2, -0.15) is 0 Å². The van der Waals surface area contributed by atoms with Crippen molar-refractivity contribution >= 4 is 14.4 Å². The number of nitrogens with one attached hydrogen (secondary N) is 1. The molecule has 11 heteroatoms. The SMILES string of the molecule is COc1ccc(OC[C@H](NC(=O)OC(C)(C)C)[C@H](OCc2ccccc2)[C@H](CO[Si](C)(C)C(C)(C)C)N=[N+]=[N-])cc1. The normalized spacial score (nSPS) is 14.3. The number of alkyl carbamates (subject to hydrolysis) is 1. The molecule has 0 radical (unpaired) electrons. The summed E-state index contributed by atoms with van der Waals surface area (Å²) in [5, 5.41) is 6.94. The van der Waals surface area contributed by atoms with E-state index in [1.54, 1.807) is 52.1 Å². The van der Waals surface area contributed by atoms with E-state index in [1.807, 2.05) is 30.3 Å². The molecule has 0 spiro atoms. The minimum absolute atomic E-state index is 0.0164. The Morgan fingerprint density at radius 1 is 0.976 bits per heavy atom. The maximum atomic E-state index is 13.0. The van der Waals surface area contributed by atoms with Crippen molar-refractivity contribution in [2.45, 2.75) is 90.1 Å². The molecule has 2 aromatic rings. The molecule has 10 nitrogen and oxygen atoms in total. The summed E-state index contributed by atoms with van der Waals surface area (Å²) in [5.74, 6) is 1.26. The van der Waals surface area contributed by atoms with Gasteiger partial charge in [-0.1, -0.05) is 56.2 Å². The first-order valence-electron chi connectivity index (χ1n) is 13.8.